The summed E-state index contributed by atoms with van der Waals surface area (Å²) in [7, 11) is 2.22. The van der Waals surface area contributed by atoms with E-state index in [9.17, 15) is 0 Å². The van der Waals surface area contributed by atoms with E-state index in [1.807, 2.05) is 0 Å². The molecule has 2 N–H and O–H groups in total. The number of hydrogen-bond donors (Lipinski definition) is 1. The summed E-state index contributed by atoms with van der Waals surface area (Å²) in [5, 5.41) is 0. The lowest BCUT2D eigenvalue weighted by molar-refractivity contribution is 0.401. The molecule has 18 heavy (non-hydrogen) atoms. The summed E-state index contributed by atoms with van der Waals surface area (Å²) in [5.74, 6) is 0. The predicted molar refractivity (Wildman–Crippen MR) is 79.2 cm³/mol. The number of nitrogens with zero attached hydrogens (tertiary/aromatic N) is 1. The SMILES string of the molecule is CCC(N)Cc1ccc(N(C)C2CCC2)cc1C. The summed E-state index contributed by atoms with van der Waals surface area (Å²) in [5.41, 5.74) is 10.2. The van der Waals surface area contributed by atoms with Crippen molar-refractivity contribution in [2.45, 2.75) is 58.0 Å². The molecule has 0 saturated heterocycles. The zero-order chi connectivity index (χ0) is 13.1. The quantitative estimate of drug-likeness (QED) is 0.864. The molecule has 2 rings (SSSR count). The van der Waals surface area contributed by atoms with Crippen LogP contribution in [-0.4, -0.2) is 19.1 Å². The molecular weight excluding hydrogens is 220 g/mol. The van der Waals surface area contributed by atoms with E-state index in [0.717, 1.165) is 18.9 Å². The maximum absolute atomic E-state index is 6.04. The molecule has 0 radical (unpaired) electrons. The maximum atomic E-state index is 6.04. The molecule has 0 spiro atoms. The van der Waals surface area contributed by atoms with Crippen LogP contribution in [0.1, 0.15) is 43.7 Å². The largest absolute Gasteiger partial charge is 0.372 e. The minimum atomic E-state index is 0.291. The van der Waals surface area contributed by atoms with Gasteiger partial charge in [0.2, 0.25) is 0 Å². The zero-order valence-electron chi connectivity index (χ0n) is 11.9. The van der Waals surface area contributed by atoms with Crippen molar-refractivity contribution in [2.75, 3.05) is 11.9 Å². The fourth-order valence-corrected chi connectivity index (χ4v) is 2.54. The molecule has 1 atom stereocenters. The van der Waals surface area contributed by atoms with Crippen molar-refractivity contribution in [1.82, 2.24) is 0 Å². The van der Waals surface area contributed by atoms with Crippen molar-refractivity contribution in [3.8, 4) is 0 Å². The van der Waals surface area contributed by atoms with Gasteiger partial charge in [0.25, 0.3) is 0 Å². The van der Waals surface area contributed by atoms with Crippen LogP contribution < -0.4 is 10.6 Å². The van der Waals surface area contributed by atoms with Crippen LogP contribution in [0.15, 0.2) is 18.2 Å². The number of hydrogen-bond acceptors (Lipinski definition) is 2. The first-order valence-electron chi connectivity index (χ1n) is 7.19. The Morgan fingerprint density at radius 1 is 1.39 bits per heavy atom. The molecule has 1 aliphatic rings. The highest BCUT2D eigenvalue weighted by Crippen LogP contribution is 2.29. The molecule has 1 unspecified atom stereocenters. The summed E-state index contributed by atoms with van der Waals surface area (Å²) >= 11 is 0. The Bertz CT molecular complexity index is 396. The summed E-state index contributed by atoms with van der Waals surface area (Å²) in [6.45, 7) is 4.36. The predicted octanol–water partition coefficient (Wildman–Crippen LogP) is 3.26. The maximum Gasteiger partial charge on any atom is 0.0368 e. The highest BCUT2D eigenvalue weighted by Gasteiger charge is 2.22. The van der Waals surface area contributed by atoms with E-state index in [-0.39, 0.29) is 0 Å². The van der Waals surface area contributed by atoms with Crippen molar-refractivity contribution in [1.29, 1.82) is 0 Å². The topological polar surface area (TPSA) is 29.3 Å². The summed E-state index contributed by atoms with van der Waals surface area (Å²) < 4.78 is 0. The second-order valence-electron chi connectivity index (χ2n) is 5.68. The van der Waals surface area contributed by atoms with E-state index in [1.165, 1.54) is 36.1 Å². The second-order valence-corrected chi connectivity index (χ2v) is 5.68. The van der Waals surface area contributed by atoms with Crippen molar-refractivity contribution in [3.05, 3.63) is 29.3 Å². The van der Waals surface area contributed by atoms with E-state index in [0.29, 0.717) is 6.04 Å². The molecule has 1 saturated carbocycles. The third-order valence-electron chi connectivity index (χ3n) is 4.36. The van der Waals surface area contributed by atoms with Gasteiger partial charge in [0.1, 0.15) is 0 Å². The van der Waals surface area contributed by atoms with E-state index >= 15 is 0 Å². The van der Waals surface area contributed by atoms with Gasteiger partial charge in [0.15, 0.2) is 0 Å². The highest BCUT2D eigenvalue weighted by molar-refractivity contribution is 5.51. The van der Waals surface area contributed by atoms with Crippen LogP contribution in [0.4, 0.5) is 5.69 Å². The molecule has 0 amide bonds. The molecule has 2 heteroatoms. The monoisotopic (exact) mass is 246 g/mol. The molecule has 1 fully saturated rings. The van der Waals surface area contributed by atoms with Crippen LogP contribution >= 0.6 is 0 Å². The van der Waals surface area contributed by atoms with Gasteiger partial charge in [-0.05, 0) is 62.3 Å². The first-order chi connectivity index (χ1) is 8.61. The smallest absolute Gasteiger partial charge is 0.0368 e. The molecule has 0 aromatic heterocycles. The molecule has 1 aromatic carbocycles. The van der Waals surface area contributed by atoms with Gasteiger partial charge in [-0.15, -0.1) is 0 Å². The summed E-state index contributed by atoms with van der Waals surface area (Å²) in [6, 6.07) is 7.88. The van der Waals surface area contributed by atoms with Gasteiger partial charge >= 0.3 is 0 Å². The molecule has 0 aliphatic heterocycles. The Morgan fingerprint density at radius 3 is 2.61 bits per heavy atom. The van der Waals surface area contributed by atoms with E-state index in [4.69, 9.17) is 5.73 Å². The highest BCUT2D eigenvalue weighted by atomic mass is 15.1. The van der Waals surface area contributed by atoms with Crippen molar-refractivity contribution in [2.24, 2.45) is 5.73 Å². The lowest BCUT2D eigenvalue weighted by atomic mass is 9.91. The average molecular weight is 246 g/mol. The normalized spacial score (nSPS) is 17.3. The number of rotatable bonds is 5. The lowest BCUT2D eigenvalue weighted by Gasteiger charge is -2.36. The van der Waals surface area contributed by atoms with Crippen LogP contribution in [-0.2, 0) is 6.42 Å². The third-order valence-corrected chi connectivity index (χ3v) is 4.36. The molecule has 1 aromatic rings. The van der Waals surface area contributed by atoms with Crippen LogP contribution in [0.3, 0.4) is 0 Å². The van der Waals surface area contributed by atoms with Crippen molar-refractivity contribution in [3.63, 3.8) is 0 Å². The van der Waals surface area contributed by atoms with Crippen LogP contribution in [0, 0.1) is 6.92 Å². The number of benzene rings is 1. The fourth-order valence-electron chi connectivity index (χ4n) is 2.54. The number of nitrogens with two attached hydrogens (primary N) is 1. The Balaban J connectivity index is 2.08. The van der Waals surface area contributed by atoms with E-state index in [2.05, 4.69) is 44.0 Å². The first-order valence-corrected chi connectivity index (χ1v) is 7.19. The van der Waals surface area contributed by atoms with Gasteiger partial charge in [-0.1, -0.05) is 13.0 Å². The Hall–Kier alpha value is -1.02. The van der Waals surface area contributed by atoms with Crippen molar-refractivity contribution >= 4 is 5.69 Å². The first kappa shape index (κ1) is 13.4. The van der Waals surface area contributed by atoms with Gasteiger partial charge in [-0.25, -0.2) is 0 Å². The molecule has 0 heterocycles. The van der Waals surface area contributed by atoms with Gasteiger partial charge < -0.3 is 10.6 Å². The minimum absolute atomic E-state index is 0.291. The average Bonchev–Trinajstić information content (AvgIpc) is 2.29. The number of aryl methyl sites for hydroxylation is 1. The van der Waals surface area contributed by atoms with Crippen LogP contribution in [0.25, 0.3) is 0 Å². The van der Waals surface area contributed by atoms with Gasteiger partial charge in [0.05, 0.1) is 0 Å². The molecular formula is C16H26N2. The van der Waals surface area contributed by atoms with Crippen LogP contribution in [0.2, 0.25) is 0 Å². The van der Waals surface area contributed by atoms with Gasteiger partial charge in [-0.2, -0.15) is 0 Å². The summed E-state index contributed by atoms with van der Waals surface area (Å²) in [4.78, 5) is 2.43. The molecule has 100 valence electrons. The Labute approximate surface area is 111 Å². The van der Waals surface area contributed by atoms with Crippen molar-refractivity contribution < 1.29 is 0 Å². The molecule has 0 bridgehead atoms. The standard InChI is InChI=1S/C16H26N2/c1-4-14(17)11-13-8-9-16(10-12(13)2)18(3)15-6-5-7-15/h8-10,14-15H,4-7,11,17H2,1-3H3. The van der Waals surface area contributed by atoms with Crippen LogP contribution in [0.5, 0.6) is 0 Å². The fraction of sp³-hybridized carbons (Fsp3) is 0.625. The number of anilines is 1. The van der Waals surface area contributed by atoms with Gasteiger partial charge in [0, 0.05) is 24.8 Å². The van der Waals surface area contributed by atoms with E-state index < -0.39 is 0 Å². The Morgan fingerprint density at radius 2 is 2.11 bits per heavy atom. The zero-order valence-corrected chi connectivity index (χ0v) is 11.9. The molecule has 1 aliphatic carbocycles. The Kier molecular flexibility index (Phi) is 4.28. The van der Waals surface area contributed by atoms with E-state index in [1.54, 1.807) is 0 Å². The summed E-state index contributed by atoms with van der Waals surface area (Å²) in [6.07, 6.45) is 6.12. The lowest BCUT2D eigenvalue weighted by Crippen LogP contribution is -2.37. The minimum Gasteiger partial charge on any atom is -0.372 e. The second kappa shape index (κ2) is 5.75. The molecule has 2 nitrogen and oxygen atoms in total. The third kappa shape index (κ3) is 2.86. The van der Waals surface area contributed by atoms with Gasteiger partial charge in [-0.3, -0.25) is 0 Å².